The number of rotatable bonds is 3. The summed E-state index contributed by atoms with van der Waals surface area (Å²) in [6, 6.07) is 0. The summed E-state index contributed by atoms with van der Waals surface area (Å²) in [6.45, 7) is -0.228. The standard InChI is InChI=1S/C9H16F2N2O2/c10-9(11)6-13(8(14)15)5-3-7(9)2-1-4-12/h7H,1-6,12H2,(H,14,15)/p-1. The minimum atomic E-state index is -2.95. The Hall–Kier alpha value is -0.910. The molecular formula is C9H15F2N2O2-. The van der Waals surface area contributed by atoms with Crippen molar-refractivity contribution in [2.24, 2.45) is 11.7 Å². The highest BCUT2D eigenvalue weighted by atomic mass is 19.3. The van der Waals surface area contributed by atoms with Crippen LogP contribution in [0.15, 0.2) is 0 Å². The molecule has 2 N–H and O–H groups in total. The van der Waals surface area contributed by atoms with Crippen LogP contribution in [-0.2, 0) is 0 Å². The molecule has 88 valence electrons. The first-order valence-electron chi connectivity index (χ1n) is 5.01. The molecule has 1 unspecified atom stereocenters. The molecule has 1 saturated heterocycles. The molecule has 1 fully saturated rings. The van der Waals surface area contributed by atoms with Crippen LogP contribution in [0.4, 0.5) is 13.6 Å². The molecule has 0 bridgehead atoms. The number of carbonyl (C=O) groups is 1. The third-order valence-electron chi connectivity index (χ3n) is 2.76. The van der Waals surface area contributed by atoms with Gasteiger partial charge in [-0.3, -0.25) is 0 Å². The van der Waals surface area contributed by atoms with Crippen LogP contribution < -0.4 is 10.8 Å². The Morgan fingerprint density at radius 1 is 1.60 bits per heavy atom. The number of likely N-dealkylation sites (tertiary alicyclic amines) is 1. The van der Waals surface area contributed by atoms with E-state index < -0.39 is 24.5 Å². The van der Waals surface area contributed by atoms with Crippen molar-refractivity contribution in [3.05, 3.63) is 0 Å². The number of nitrogens with two attached hydrogens (primary N) is 1. The highest BCUT2D eigenvalue weighted by molar-refractivity contribution is 5.62. The van der Waals surface area contributed by atoms with E-state index in [1.807, 2.05) is 0 Å². The lowest BCUT2D eigenvalue weighted by atomic mass is 9.89. The van der Waals surface area contributed by atoms with Gasteiger partial charge in [-0.25, -0.2) is 8.78 Å². The largest absolute Gasteiger partial charge is 0.530 e. The molecule has 1 amide bonds. The summed E-state index contributed by atoms with van der Waals surface area (Å²) in [5.74, 6) is -3.70. The van der Waals surface area contributed by atoms with E-state index in [0.29, 0.717) is 24.3 Å². The fourth-order valence-corrected chi connectivity index (χ4v) is 1.86. The van der Waals surface area contributed by atoms with Gasteiger partial charge in [-0.2, -0.15) is 0 Å². The topological polar surface area (TPSA) is 69.4 Å². The molecule has 6 heteroatoms. The van der Waals surface area contributed by atoms with E-state index in [9.17, 15) is 18.7 Å². The van der Waals surface area contributed by atoms with Gasteiger partial charge in [-0.05, 0) is 25.8 Å². The van der Waals surface area contributed by atoms with Crippen molar-refractivity contribution in [1.29, 1.82) is 0 Å². The Labute approximate surface area is 87.0 Å². The molecule has 0 aromatic carbocycles. The predicted octanol–water partition coefficient (Wildman–Crippen LogP) is 0.0258. The number of piperidine rings is 1. The first-order chi connectivity index (χ1) is 6.97. The first-order valence-corrected chi connectivity index (χ1v) is 5.01. The highest BCUT2D eigenvalue weighted by Gasteiger charge is 2.43. The zero-order valence-electron chi connectivity index (χ0n) is 8.42. The molecule has 1 aliphatic heterocycles. The zero-order valence-corrected chi connectivity index (χ0v) is 8.42. The van der Waals surface area contributed by atoms with Gasteiger partial charge in [0.05, 0.1) is 6.54 Å². The van der Waals surface area contributed by atoms with Crippen LogP contribution in [0, 0.1) is 5.92 Å². The Bertz CT molecular complexity index is 236. The highest BCUT2D eigenvalue weighted by Crippen LogP contribution is 2.35. The number of nitrogens with zero attached hydrogens (tertiary/aromatic N) is 1. The van der Waals surface area contributed by atoms with Gasteiger partial charge < -0.3 is 20.5 Å². The summed E-state index contributed by atoms with van der Waals surface area (Å²) >= 11 is 0. The van der Waals surface area contributed by atoms with Gasteiger partial charge in [-0.15, -0.1) is 0 Å². The van der Waals surface area contributed by atoms with Gasteiger partial charge >= 0.3 is 0 Å². The van der Waals surface area contributed by atoms with Crippen molar-refractivity contribution >= 4 is 6.09 Å². The third kappa shape index (κ3) is 3.02. The maximum Gasteiger partial charge on any atom is 0.268 e. The van der Waals surface area contributed by atoms with Crippen molar-refractivity contribution in [2.45, 2.75) is 25.2 Å². The smallest absolute Gasteiger partial charge is 0.268 e. The van der Waals surface area contributed by atoms with Crippen molar-refractivity contribution in [3.63, 3.8) is 0 Å². The molecule has 0 radical (unpaired) electrons. The van der Waals surface area contributed by atoms with Crippen molar-refractivity contribution in [1.82, 2.24) is 4.90 Å². The molecule has 15 heavy (non-hydrogen) atoms. The number of amides is 1. The van der Waals surface area contributed by atoms with Crippen LogP contribution in [0.1, 0.15) is 19.3 Å². The van der Waals surface area contributed by atoms with E-state index in [1.54, 1.807) is 0 Å². The maximum atomic E-state index is 13.4. The van der Waals surface area contributed by atoms with Crippen molar-refractivity contribution in [3.8, 4) is 0 Å². The molecule has 0 spiro atoms. The fourth-order valence-electron chi connectivity index (χ4n) is 1.86. The van der Waals surface area contributed by atoms with Gasteiger partial charge in [0.15, 0.2) is 0 Å². The van der Waals surface area contributed by atoms with Crippen LogP contribution >= 0.6 is 0 Å². The molecule has 1 rings (SSSR count). The molecule has 1 aliphatic rings. The Balaban J connectivity index is 2.54. The second-order valence-corrected chi connectivity index (χ2v) is 3.86. The maximum absolute atomic E-state index is 13.4. The average Bonchev–Trinajstić information content (AvgIpc) is 2.14. The van der Waals surface area contributed by atoms with Crippen LogP contribution in [0.25, 0.3) is 0 Å². The van der Waals surface area contributed by atoms with Gasteiger partial charge in [0, 0.05) is 12.5 Å². The van der Waals surface area contributed by atoms with Crippen molar-refractivity contribution in [2.75, 3.05) is 19.6 Å². The summed E-state index contributed by atoms with van der Waals surface area (Å²) in [5, 5.41) is 10.4. The lowest BCUT2D eigenvalue weighted by molar-refractivity contribution is -0.272. The van der Waals surface area contributed by atoms with Gasteiger partial charge in [-0.1, -0.05) is 0 Å². The summed E-state index contributed by atoms with van der Waals surface area (Å²) in [5.41, 5.74) is 5.25. The molecule has 0 aromatic heterocycles. The molecule has 1 atom stereocenters. The number of carboxylic acid groups (broad SMARTS) is 1. The molecule has 0 aromatic rings. The second-order valence-electron chi connectivity index (χ2n) is 3.86. The van der Waals surface area contributed by atoms with Gasteiger partial charge in [0.2, 0.25) is 0 Å². The van der Waals surface area contributed by atoms with E-state index in [2.05, 4.69) is 0 Å². The van der Waals surface area contributed by atoms with E-state index in [-0.39, 0.29) is 13.0 Å². The average molecular weight is 221 g/mol. The zero-order chi connectivity index (χ0) is 11.5. The van der Waals surface area contributed by atoms with Crippen LogP contribution in [0.2, 0.25) is 0 Å². The van der Waals surface area contributed by atoms with Crippen molar-refractivity contribution < 1.29 is 18.7 Å². The predicted molar refractivity (Wildman–Crippen MR) is 48.3 cm³/mol. The number of hydrogen-bond donors (Lipinski definition) is 1. The number of halogens is 2. The minimum absolute atomic E-state index is 0.132. The van der Waals surface area contributed by atoms with E-state index in [1.165, 1.54) is 0 Å². The Kier molecular flexibility index (Phi) is 3.84. The monoisotopic (exact) mass is 221 g/mol. The fraction of sp³-hybridized carbons (Fsp3) is 0.889. The number of hydrogen-bond acceptors (Lipinski definition) is 3. The minimum Gasteiger partial charge on any atom is -0.530 e. The SMILES string of the molecule is NCCCC1CCN(C(=O)[O-])CC1(F)F. The summed E-state index contributed by atoms with van der Waals surface area (Å²) in [4.78, 5) is 11.1. The van der Waals surface area contributed by atoms with Crippen LogP contribution in [0.3, 0.4) is 0 Å². The lowest BCUT2D eigenvalue weighted by Crippen LogP contribution is -2.54. The molecule has 4 nitrogen and oxygen atoms in total. The lowest BCUT2D eigenvalue weighted by Gasteiger charge is -2.39. The Morgan fingerprint density at radius 2 is 2.27 bits per heavy atom. The summed E-state index contributed by atoms with van der Waals surface area (Å²) in [6.07, 6.45) is -0.441. The summed E-state index contributed by atoms with van der Waals surface area (Å²) < 4.78 is 26.9. The second kappa shape index (κ2) is 4.74. The first kappa shape index (κ1) is 12.2. The normalized spacial score (nSPS) is 25.3. The Morgan fingerprint density at radius 3 is 2.73 bits per heavy atom. The van der Waals surface area contributed by atoms with E-state index in [0.717, 1.165) is 0 Å². The molecule has 1 heterocycles. The van der Waals surface area contributed by atoms with E-state index >= 15 is 0 Å². The molecular weight excluding hydrogens is 206 g/mol. The van der Waals surface area contributed by atoms with E-state index in [4.69, 9.17) is 5.73 Å². The molecule has 0 aliphatic carbocycles. The number of alkyl halides is 2. The third-order valence-corrected chi connectivity index (χ3v) is 2.76. The summed E-state index contributed by atoms with van der Waals surface area (Å²) in [7, 11) is 0. The van der Waals surface area contributed by atoms with Crippen LogP contribution in [0.5, 0.6) is 0 Å². The number of carbonyl (C=O) groups excluding carboxylic acids is 1. The quantitative estimate of drug-likeness (QED) is 0.730. The molecule has 0 saturated carbocycles. The van der Waals surface area contributed by atoms with Crippen LogP contribution in [-0.4, -0.2) is 36.5 Å². The van der Waals surface area contributed by atoms with Gasteiger partial charge in [0.1, 0.15) is 6.09 Å². The van der Waals surface area contributed by atoms with Gasteiger partial charge in [0.25, 0.3) is 5.92 Å².